The van der Waals surface area contributed by atoms with E-state index in [1.165, 1.54) is 15.2 Å². The van der Waals surface area contributed by atoms with Crippen molar-refractivity contribution in [3.63, 3.8) is 0 Å². The number of aromatic nitrogens is 2. The molecule has 2 heterocycles. The van der Waals surface area contributed by atoms with Gasteiger partial charge in [-0.1, -0.05) is 24.3 Å². The summed E-state index contributed by atoms with van der Waals surface area (Å²) in [6.07, 6.45) is 1.29. The molecule has 2 aromatic rings. The van der Waals surface area contributed by atoms with Crippen LogP contribution in [0.5, 0.6) is 0 Å². The normalized spacial score (nSPS) is 16.0. The van der Waals surface area contributed by atoms with Crippen molar-refractivity contribution < 1.29 is 18.3 Å². The van der Waals surface area contributed by atoms with Gasteiger partial charge in [0.1, 0.15) is 5.56 Å². The van der Waals surface area contributed by atoms with E-state index in [-0.39, 0.29) is 10.6 Å². The van der Waals surface area contributed by atoms with Crippen LogP contribution in [0.15, 0.2) is 35.5 Å². The lowest BCUT2D eigenvalue weighted by Crippen LogP contribution is -2.38. The van der Waals surface area contributed by atoms with E-state index in [1.807, 2.05) is 31.2 Å². The molecule has 0 unspecified atom stereocenters. The fourth-order valence-electron chi connectivity index (χ4n) is 2.69. The molecule has 134 valence electrons. The molecule has 0 radical (unpaired) electrons. The molecular formula is C16H19N3O4S2. The number of aromatic carboxylic acids is 1. The lowest BCUT2D eigenvalue weighted by Gasteiger charge is -2.24. The predicted molar refractivity (Wildman–Crippen MR) is 95.6 cm³/mol. The number of benzene rings is 1. The van der Waals surface area contributed by atoms with E-state index in [9.17, 15) is 18.3 Å². The Morgan fingerprint density at radius 2 is 1.96 bits per heavy atom. The van der Waals surface area contributed by atoms with Gasteiger partial charge in [0.2, 0.25) is 5.03 Å². The first-order valence-electron chi connectivity index (χ1n) is 7.83. The van der Waals surface area contributed by atoms with Gasteiger partial charge in [-0.05, 0) is 18.1 Å². The van der Waals surface area contributed by atoms with E-state index < -0.39 is 16.0 Å². The van der Waals surface area contributed by atoms with Gasteiger partial charge in [-0.15, -0.1) is 0 Å². The van der Waals surface area contributed by atoms with Crippen LogP contribution < -0.4 is 0 Å². The summed E-state index contributed by atoms with van der Waals surface area (Å²) < 4.78 is 28.3. The number of sulfonamides is 1. The monoisotopic (exact) mass is 381 g/mol. The van der Waals surface area contributed by atoms with Crippen molar-refractivity contribution >= 4 is 27.8 Å². The lowest BCUT2D eigenvalue weighted by atomic mass is 10.1. The Balaban J connectivity index is 1.98. The van der Waals surface area contributed by atoms with Crippen LogP contribution in [0.4, 0.5) is 0 Å². The number of carboxylic acids is 1. The third-order valence-electron chi connectivity index (χ3n) is 4.11. The Hall–Kier alpha value is -1.84. The number of rotatable bonds is 5. The first-order chi connectivity index (χ1) is 11.9. The average molecular weight is 381 g/mol. The molecule has 1 aliphatic heterocycles. The van der Waals surface area contributed by atoms with Crippen LogP contribution in [-0.2, 0) is 16.6 Å². The quantitative estimate of drug-likeness (QED) is 0.847. The maximum absolute atomic E-state index is 12.8. The zero-order chi connectivity index (χ0) is 18.0. The molecule has 3 rings (SSSR count). The van der Waals surface area contributed by atoms with Crippen LogP contribution in [0.3, 0.4) is 0 Å². The van der Waals surface area contributed by atoms with Gasteiger partial charge in [0.25, 0.3) is 10.0 Å². The van der Waals surface area contributed by atoms with Crippen molar-refractivity contribution in [2.75, 3.05) is 24.6 Å². The van der Waals surface area contributed by atoms with Crippen LogP contribution >= 0.6 is 11.8 Å². The molecule has 0 amide bonds. The second-order valence-electron chi connectivity index (χ2n) is 5.79. The highest BCUT2D eigenvalue weighted by Crippen LogP contribution is 2.23. The third-order valence-corrected chi connectivity index (χ3v) is 6.88. The summed E-state index contributed by atoms with van der Waals surface area (Å²) >= 11 is 1.68. The Kier molecular flexibility index (Phi) is 5.16. The molecule has 25 heavy (non-hydrogen) atoms. The Labute approximate surface area is 150 Å². The van der Waals surface area contributed by atoms with Gasteiger partial charge in [-0.2, -0.15) is 21.2 Å². The molecule has 1 fully saturated rings. The van der Waals surface area contributed by atoms with Crippen molar-refractivity contribution in [2.45, 2.75) is 18.5 Å². The minimum atomic E-state index is -3.91. The lowest BCUT2D eigenvalue weighted by molar-refractivity contribution is 0.0692. The van der Waals surface area contributed by atoms with Gasteiger partial charge >= 0.3 is 5.97 Å². The topological polar surface area (TPSA) is 92.5 Å². The minimum Gasteiger partial charge on any atom is -0.478 e. The molecule has 0 atom stereocenters. The predicted octanol–water partition coefficient (Wildman–Crippen LogP) is 1.68. The van der Waals surface area contributed by atoms with Gasteiger partial charge in [-0.25, -0.2) is 13.2 Å². The first-order valence-corrected chi connectivity index (χ1v) is 10.4. The van der Waals surface area contributed by atoms with Gasteiger partial charge in [0.05, 0.1) is 6.54 Å². The molecule has 0 aliphatic carbocycles. The fraction of sp³-hybridized carbons (Fsp3) is 0.375. The molecule has 1 aliphatic rings. The number of carbonyl (C=O) groups is 1. The third kappa shape index (κ3) is 3.73. The van der Waals surface area contributed by atoms with Crippen LogP contribution in [-0.4, -0.2) is 58.2 Å². The molecule has 1 saturated heterocycles. The van der Waals surface area contributed by atoms with Gasteiger partial charge in [-0.3, -0.25) is 4.68 Å². The molecule has 0 bridgehead atoms. The van der Waals surface area contributed by atoms with E-state index in [4.69, 9.17) is 0 Å². The largest absolute Gasteiger partial charge is 0.478 e. The van der Waals surface area contributed by atoms with E-state index in [2.05, 4.69) is 5.10 Å². The van der Waals surface area contributed by atoms with Crippen LogP contribution in [0.2, 0.25) is 0 Å². The second-order valence-corrected chi connectivity index (χ2v) is 8.87. The molecule has 1 aromatic heterocycles. The van der Waals surface area contributed by atoms with Crippen LogP contribution in [0, 0.1) is 6.92 Å². The maximum atomic E-state index is 12.8. The molecule has 1 aromatic carbocycles. The summed E-state index contributed by atoms with van der Waals surface area (Å²) in [6, 6.07) is 7.65. The highest BCUT2D eigenvalue weighted by molar-refractivity contribution is 7.99. The molecular weight excluding hydrogens is 362 g/mol. The van der Waals surface area contributed by atoms with Crippen molar-refractivity contribution in [3.8, 4) is 0 Å². The van der Waals surface area contributed by atoms with E-state index >= 15 is 0 Å². The van der Waals surface area contributed by atoms with E-state index in [1.54, 1.807) is 11.8 Å². The van der Waals surface area contributed by atoms with E-state index in [0.717, 1.165) is 11.1 Å². The Morgan fingerprint density at radius 3 is 2.60 bits per heavy atom. The number of hydrogen-bond acceptors (Lipinski definition) is 5. The van der Waals surface area contributed by atoms with Crippen molar-refractivity contribution in [1.29, 1.82) is 0 Å². The molecule has 1 N–H and O–H groups in total. The van der Waals surface area contributed by atoms with E-state index in [0.29, 0.717) is 31.1 Å². The van der Waals surface area contributed by atoms with Gasteiger partial charge in [0, 0.05) is 30.8 Å². The second kappa shape index (κ2) is 7.19. The van der Waals surface area contributed by atoms with Crippen molar-refractivity contribution in [1.82, 2.24) is 14.1 Å². The first kappa shape index (κ1) is 18.0. The smallest absolute Gasteiger partial charge is 0.340 e. The SMILES string of the molecule is Cc1ccccc1Cn1cc(C(=O)O)c(S(=O)(=O)N2CCSCC2)n1. The van der Waals surface area contributed by atoms with Crippen LogP contribution in [0.25, 0.3) is 0 Å². The van der Waals surface area contributed by atoms with Gasteiger partial charge < -0.3 is 5.11 Å². The number of aryl methyl sites for hydroxylation is 1. The van der Waals surface area contributed by atoms with Crippen molar-refractivity contribution in [2.24, 2.45) is 0 Å². The average Bonchev–Trinajstić information content (AvgIpc) is 3.03. The number of hydrogen-bond donors (Lipinski definition) is 1. The highest BCUT2D eigenvalue weighted by Gasteiger charge is 2.33. The zero-order valence-corrected chi connectivity index (χ0v) is 15.4. The van der Waals surface area contributed by atoms with Gasteiger partial charge in [0.15, 0.2) is 0 Å². The highest BCUT2D eigenvalue weighted by atomic mass is 32.2. The summed E-state index contributed by atoms with van der Waals surface area (Å²) in [5.74, 6) is 0.109. The molecule has 0 spiro atoms. The summed E-state index contributed by atoms with van der Waals surface area (Å²) in [6.45, 7) is 3.01. The standard InChI is InChI=1S/C16H19N3O4S2/c1-12-4-2-3-5-13(12)10-18-11-14(16(20)21)15(17-18)25(22,23)19-6-8-24-9-7-19/h2-5,11H,6-10H2,1H3,(H,20,21). The summed E-state index contributed by atoms with van der Waals surface area (Å²) in [5.41, 5.74) is 1.71. The summed E-state index contributed by atoms with van der Waals surface area (Å²) in [7, 11) is -3.91. The summed E-state index contributed by atoms with van der Waals surface area (Å²) in [4.78, 5) is 11.5. The number of carboxylic acid groups (broad SMARTS) is 1. The Morgan fingerprint density at radius 1 is 1.28 bits per heavy atom. The Bertz CT molecular complexity index is 887. The number of nitrogens with zero attached hydrogens (tertiary/aromatic N) is 3. The van der Waals surface area contributed by atoms with Crippen molar-refractivity contribution in [3.05, 3.63) is 47.2 Å². The zero-order valence-electron chi connectivity index (χ0n) is 13.8. The van der Waals surface area contributed by atoms with Crippen LogP contribution in [0.1, 0.15) is 21.5 Å². The fourth-order valence-corrected chi connectivity index (χ4v) is 5.36. The molecule has 0 saturated carbocycles. The molecule has 7 nitrogen and oxygen atoms in total. The minimum absolute atomic E-state index is 0.285. The molecule has 9 heteroatoms. The summed E-state index contributed by atoms with van der Waals surface area (Å²) in [5, 5.41) is 13.2. The number of thioether (sulfide) groups is 1. The maximum Gasteiger partial charge on any atom is 0.340 e.